The molecule has 2 fully saturated rings. The zero-order valence-corrected chi connectivity index (χ0v) is 11.4. The summed E-state index contributed by atoms with van der Waals surface area (Å²) in [6.07, 6.45) is 14.0. The molecule has 1 unspecified atom stereocenters. The van der Waals surface area contributed by atoms with E-state index < -0.39 is 0 Å². The molecule has 1 spiro atoms. The maximum atomic E-state index is 4.23. The van der Waals surface area contributed by atoms with Crippen LogP contribution in [0.1, 0.15) is 56.1 Å². The molecular weight excluding hydrogens is 220 g/mol. The number of hydrogen-bond acceptors (Lipinski definition) is 2. The third-order valence-electron chi connectivity index (χ3n) is 5.21. The molecule has 2 aliphatic carbocycles. The van der Waals surface area contributed by atoms with E-state index in [1.807, 2.05) is 12.4 Å². The molecule has 1 heterocycles. The van der Waals surface area contributed by atoms with Gasteiger partial charge in [-0.25, -0.2) is 0 Å². The third kappa shape index (κ3) is 2.18. The van der Waals surface area contributed by atoms with E-state index in [-0.39, 0.29) is 0 Å². The SMILES string of the molecule is Cc1ccncc1CNC1CCC12CCCCC2. The maximum absolute atomic E-state index is 4.23. The monoisotopic (exact) mass is 244 g/mol. The molecule has 0 aliphatic heterocycles. The lowest BCUT2D eigenvalue weighted by Gasteiger charge is -2.52. The van der Waals surface area contributed by atoms with Gasteiger partial charge < -0.3 is 5.32 Å². The maximum Gasteiger partial charge on any atom is 0.0315 e. The van der Waals surface area contributed by atoms with E-state index in [1.54, 1.807) is 0 Å². The van der Waals surface area contributed by atoms with Gasteiger partial charge in [-0.1, -0.05) is 19.3 Å². The Balaban J connectivity index is 1.59. The molecule has 98 valence electrons. The fourth-order valence-electron chi connectivity index (χ4n) is 3.78. The smallest absolute Gasteiger partial charge is 0.0315 e. The second-order valence-corrected chi connectivity index (χ2v) is 6.20. The molecule has 0 aromatic carbocycles. The summed E-state index contributed by atoms with van der Waals surface area (Å²) in [5.41, 5.74) is 3.37. The summed E-state index contributed by atoms with van der Waals surface area (Å²) < 4.78 is 0. The van der Waals surface area contributed by atoms with Crippen molar-refractivity contribution in [2.24, 2.45) is 5.41 Å². The Morgan fingerprint density at radius 2 is 2.11 bits per heavy atom. The van der Waals surface area contributed by atoms with Gasteiger partial charge >= 0.3 is 0 Å². The summed E-state index contributed by atoms with van der Waals surface area (Å²) >= 11 is 0. The van der Waals surface area contributed by atoms with E-state index >= 15 is 0 Å². The topological polar surface area (TPSA) is 24.9 Å². The van der Waals surface area contributed by atoms with E-state index in [4.69, 9.17) is 0 Å². The van der Waals surface area contributed by atoms with Crippen molar-refractivity contribution in [3.63, 3.8) is 0 Å². The number of hydrogen-bond donors (Lipinski definition) is 1. The highest BCUT2D eigenvalue weighted by Gasteiger charge is 2.46. The fraction of sp³-hybridized carbons (Fsp3) is 0.688. The standard InChI is InChI=1S/C16H24N2/c1-13-6-10-17-11-14(13)12-18-15-5-9-16(15)7-3-2-4-8-16/h6,10-11,15,18H,2-5,7-9,12H2,1H3. The molecule has 1 aromatic rings. The molecule has 1 atom stereocenters. The fourth-order valence-corrected chi connectivity index (χ4v) is 3.78. The van der Waals surface area contributed by atoms with Gasteiger partial charge in [-0.15, -0.1) is 0 Å². The van der Waals surface area contributed by atoms with Gasteiger partial charge in [0.25, 0.3) is 0 Å². The average Bonchev–Trinajstić information content (AvgIpc) is 2.41. The molecule has 1 aromatic heterocycles. The van der Waals surface area contributed by atoms with Gasteiger partial charge in [0.2, 0.25) is 0 Å². The predicted octanol–water partition coefficient (Wildman–Crippen LogP) is 3.59. The predicted molar refractivity (Wildman–Crippen MR) is 74.4 cm³/mol. The summed E-state index contributed by atoms with van der Waals surface area (Å²) in [5, 5.41) is 3.80. The summed E-state index contributed by atoms with van der Waals surface area (Å²) in [6, 6.07) is 2.87. The lowest BCUT2D eigenvalue weighted by molar-refractivity contribution is 0.0221. The van der Waals surface area contributed by atoms with Gasteiger partial charge in [0.1, 0.15) is 0 Å². The van der Waals surface area contributed by atoms with Gasteiger partial charge in [-0.2, -0.15) is 0 Å². The normalized spacial score (nSPS) is 25.9. The van der Waals surface area contributed by atoms with E-state index in [1.165, 1.54) is 56.1 Å². The average molecular weight is 244 g/mol. The van der Waals surface area contributed by atoms with Crippen LogP contribution in [0.5, 0.6) is 0 Å². The van der Waals surface area contributed by atoms with E-state index in [9.17, 15) is 0 Å². The molecule has 2 heteroatoms. The highest BCUT2D eigenvalue weighted by Crippen LogP contribution is 2.51. The Labute approximate surface area is 110 Å². The van der Waals surface area contributed by atoms with Gasteiger partial charge in [-0.05, 0) is 55.2 Å². The van der Waals surface area contributed by atoms with Crippen LogP contribution in [0.4, 0.5) is 0 Å². The van der Waals surface area contributed by atoms with Crippen molar-refractivity contribution in [2.45, 2.75) is 64.5 Å². The van der Waals surface area contributed by atoms with Crippen LogP contribution >= 0.6 is 0 Å². The summed E-state index contributed by atoms with van der Waals surface area (Å²) in [6.45, 7) is 3.17. The van der Waals surface area contributed by atoms with Crippen LogP contribution in [0.15, 0.2) is 18.5 Å². The molecule has 3 rings (SSSR count). The first-order chi connectivity index (χ1) is 8.80. The van der Waals surface area contributed by atoms with Crippen LogP contribution in [0.3, 0.4) is 0 Å². The number of nitrogens with zero attached hydrogens (tertiary/aromatic N) is 1. The zero-order chi connectivity index (χ0) is 12.4. The van der Waals surface area contributed by atoms with Crippen molar-refractivity contribution < 1.29 is 0 Å². The Bertz CT molecular complexity index is 407. The Kier molecular flexibility index (Phi) is 3.38. The van der Waals surface area contributed by atoms with Crippen LogP contribution in [0.25, 0.3) is 0 Å². The van der Waals surface area contributed by atoms with E-state index in [0.717, 1.165) is 12.6 Å². The lowest BCUT2D eigenvalue weighted by Crippen LogP contribution is -2.54. The van der Waals surface area contributed by atoms with Crippen LogP contribution in [0.2, 0.25) is 0 Å². The molecule has 0 bridgehead atoms. The minimum absolute atomic E-state index is 0.661. The van der Waals surface area contributed by atoms with E-state index in [2.05, 4.69) is 23.3 Å². The van der Waals surface area contributed by atoms with Crippen molar-refractivity contribution in [3.05, 3.63) is 29.6 Å². The molecule has 0 radical (unpaired) electrons. The molecule has 2 saturated carbocycles. The largest absolute Gasteiger partial charge is 0.309 e. The molecule has 18 heavy (non-hydrogen) atoms. The number of aromatic nitrogens is 1. The number of pyridine rings is 1. The van der Waals surface area contributed by atoms with Gasteiger partial charge in [0.05, 0.1) is 0 Å². The lowest BCUT2D eigenvalue weighted by atomic mass is 9.57. The quantitative estimate of drug-likeness (QED) is 0.879. The minimum atomic E-state index is 0.661. The van der Waals surface area contributed by atoms with E-state index in [0.29, 0.717) is 5.41 Å². The van der Waals surface area contributed by atoms with Crippen molar-refractivity contribution in [2.75, 3.05) is 0 Å². The number of aryl methyl sites for hydroxylation is 1. The number of nitrogens with one attached hydrogen (secondary N) is 1. The Morgan fingerprint density at radius 3 is 2.78 bits per heavy atom. The van der Waals surface area contributed by atoms with Gasteiger partial charge in [-0.3, -0.25) is 4.98 Å². The third-order valence-corrected chi connectivity index (χ3v) is 5.21. The van der Waals surface area contributed by atoms with Crippen LogP contribution < -0.4 is 5.32 Å². The summed E-state index contributed by atoms with van der Waals surface area (Å²) in [4.78, 5) is 4.23. The Morgan fingerprint density at radius 1 is 1.28 bits per heavy atom. The van der Waals surface area contributed by atoms with Crippen LogP contribution in [0, 0.1) is 12.3 Å². The highest BCUT2D eigenvalue weighted by molar-refractivity contribution is 5.21. The zero-order valence-electron chi connectivity index (χ0n) is 11.4. The molecular formula is C16H24N2. The van der Waals surface area contributed by atoms with Crippen LogP contribution in [-0.4, -0.2) is 11.0 Å². The summed E-state index contributed by atoms with van der Waals surface area (Å²) in [5.74, 6) is 0. The number of rotatable bonds is 3. The summed E-state index contributed by atoms with van der Waals surface area (Å²) in [7, 11) is 0. The van der Waals surface area contributed by atoms with Crippen molar-refractivity contribution in [1.29, 1.82) is 0 Å². The van der Waals surface area contributed by atoms with Crippen molar-refractivity contribution in [1.82, 2.24) is 10.3 Å². The second kappa shape index (κ2) is 5.00. The van der Waals surface area contributed by atoms with Crippen molar-refractivity contribution in [3.8, 4) is 0 Å². The highest BCUT2D eigenvalue weighted by atomic mass is 15.0. The van der Waals surface area contributed by atoms with Crippen LogP contribution in [-0.2, 0) is 6.54 Å². The van der Waals surface area contributed by atoms with Gasteiger partial charge in [0, 0.05) is 25.0 Å². The van der Waals surface area contributed by atoms with Gasteiger partial charge in [0.15, 0.2) is 0 Å². The molecule has 2 nitrogen and oxygen atoms in total. The molecule has 0 saturated heterocycles. The first-order valence-corrected chi connectivity index (χ1v) is 7.43. The molecule has 2 aliphatic rings. The first kappa shape index (κ1) is 12.2. The molecule has 0 amide bonds. The Hall–Kier alpha value is -0.890. The minimum Gasteiger partial charge on any atom is -0.309 e. The molecule has 1 N–H and O–H groups in total. The second-order valence-electron chi connectivity index (χ2n) is 6.20. The first-order valence-electron chi connectivity index (χ1n) is 7.43. The van der Waals surface area contributed by atoms with Crippen molar-refractivity contribution >= 4 is 0 Å².